The fourth-order valence-electron chi connectivity index (χ4n) is 3.67. The van der Waals surface area contributed by atoms with E-state index in [-0.39, 0.29) is 18.1 Å². The van der Waals surface area contributed by atoms with E-state index < -0.39 is 0 Å². The lowest BCUT2D eigenvalue weighted by Crippen LogP contribution is -2.27. The van der Waals surface area contributed by atoms with Gasteiger partial charge in [0.15, 0.2) is 11.5 Å². The van der Waals surface area contributed by atoms with Crippen LogP contribution in [0.15, 0.2) is 71.6 Å². The number of hydrogen-bond donors (Lipinski definition) is 2. The van der Waals surface area contributed by atoms with Crippen LogP contribution in [-0.2, 0) is 11.2 Å². The Hall–Kier alpha value is -3.45. The maximum Gasteiger partial charge on any atom is 0.224 e. The Kier molecular flexibility index (Phi) is 7.19. The molecule has 0 aliphatic carbocycles. The highest BCUT2D eigenvalue weighted by atomic mass is 32.2. The number of rotatable bonds is 9. The zero-order valence-corrected chi connectivity index (χ0v) is 19.3. The van der Waals surface area contributed by atoms with Crippen LogP contribution in [0.25, 0.3) is 22.2 Å². The summed E-state index contributed by atoms with van der Waals surface area (Å²) in [5, 5.41) is 4.09. The van der Waals surface area contributed by atoms with E-state index in [0.29, 0.717) is 23.8 Å². The molecule has 0 aliphatic rings. The number of aromatic nitrogens is 1. The van der Waals surface area contributed by atoms with Crippen molar-refractivity contribution in [3.05, 3.63) is 78.1 Å². The molecule has 5 nitrogen and oxygen atoms in total. The molecule has 0 bridgehead atoms. The van der Waals surface area contributed by atoms with Crippen molar-refractivity contribution in [1.82, 2.24) is 10.3 Å². The first-order valence-electron chi connectivity index (χ1n) is 10.6. The van der Waals surface area contributed by atoms with E-state index >= 15 is 0 Å². The van der Waals surface area contributed by atoms with Gasteiger partial charge in [0.2, 0.25) is 5.91 Å². The molecule has 4 rings (SSSR count). The molecular weight excluding hydrogens is 439 g/mol. The first-order chi connectivity index (χ1) is 16.1. The summed E-state index contributed by atoms with van der Waals surface area (Å²) in [5.41, 5.74) is 3.76. The molecule has 0 radical (unpaired) electrons. The number of benzene rings is 3. The summed E-state index contributed by atoms with van der Waals surface area (Å²) in [7, 11) is 3.15. The highest BCUT2D eigenvalue weighted by Crippen LogP contribution is 2.37. The molecule has 0 aliphatic heterocycles. The second kappa shape index (κ2) is 10.4. The molecule has 33 heavy (non-hydrogen) atoms. The van der Waals surface area contributed by atoms with Gasteiger partial charge >= 0.3 is 0 Å². The molecule has 7 heteroatoms. The molecule has 3 aromatic carbocycles. The van der Waals surface area contributed by atoms with Crippen molar-refractivity contribution < 1.29 is 18.7 Å². The molecule has 0 unspecified atom stereocenters. The Morgan fingerprint density at radius 1 is 1.00 bits per heavy atom. The van der Waals surface area contributed by atoms with Crippen LogP contribution in [0.5, 0.6) is 11.5 Å². The Labute approximate surface area is 196 Å². The van der Waals surface area contributed by atoms with Crippen LogP contribution < -0.4 is 14.8 Å². The lowest BCUT2D eigenvalue weighted by atomic mass is 10.1. The molecule has 0 saturated carbocycles. The summed E-state index contributed by atoms with van der Waals surface area (Å²) in [4.78, 5) is 17.0. The van der Waals surface area contributed by atoms with E-state index in [4.69, 9.17) is 9.47 Å². The Balaban J connectivity index is 1.40. The van der Waals surface area contributed by atoms with E-state index in [2.05, 4.69) is 16.4 Å². The third-order valence-electron chi connectivity index (χ3n) is 5.27. The lowest BCUT2D eigenvalue weighted by Gasteiger charge is -2.10. The molecule has 0 spiro atoms. The van der Waals surface area contributed by atoms with Gasteiger partial charge in [-0.15, -0.1) is 11.8 Å². The molecule has 1 heterocycles. The van der Waals surface area contributed by atoms with Gasteiger partial charge in [-0.3, -0.25) is 4.79 Å². The highest BCUT2D eigenvalue weighted by molar-refractivity contribution is 7.99. The zero-order valence-electron chi connectivity index (χ0n) is 18.5. The van der Waals surface area contributed by atoms with Crippen LogP contribution in [-0.4, -0.2) is 37.4 Å². The predicted molar refractivity (Wildman–Crippen MR) is 131 cm³/mol. The van der Waals surface area contributed by atoms with E-state index in [9.17, 15) is 9.18 Å². The average Bonchev–Trinajstić information content (AvgIpc) is 3.20. The number of hydrogen-bond acceptors (Lipinski definition) is 4. The first-order valence-corrected chi connectivity index (χ1v) is 11.5. The van der Waals surface area contributed by atoms with Crippen LogP contribution in [0.1, 0.15) is 5.56 Å². The van der Waals surface area contributed by atoms with Crippen molar-refractivity contribution >= 4 is 28.6 Å². The number of aromatic amines is 1. The smallest absolute Gasteiger partial charge is 0.224 e. The van der Waals surface area contributed by atoms with Gasteiger partial charge in [-0.2, -0.15) is 0 Å². The molecule has 0 fully saturated rings. The minimum Gasteiger partial charge on any atom is -0.493 e. The van der Waals surface area contributed by atoms with Gasteiger partial charge in [0.1, 0.15) is 5.82 Å². The van der Waals surface area contributed by atoms with Crippen molar-refractivity contribution in [3.8, 4) is 22.8 Å². The van der Waals surface area contributed by atoms with Crippen molar-refractivity contribution in [1.29, 1.82) is 0 Å². The van der Waals surface area contributed by atoms with Gasteiger partial charge in [0.25, 0.3) is 0 Å². The van der Waals surface area contributed by atoms with Crippen molar-refractivity contribution in [2.45, 2.75) is 11.3 Å². The highest BCUT2D eigenvalue weighted by Gasteiger charge is 2.14. The number of para-hydroxylation sites is 1. The van der Waals surface area contributed by atoms with E-state index in [1.165, 1.54) is 12.1 Å². The topological polar surface area (TPSA) is 63.3 Å². The summed E-state index contributed by atoms with van der Waals surface area (Å²) in [6.45, 7) is 0.527. The van der Waals surface area contributed by atoms with E-state index in [1.54, 1.807) is 44.2 Å². The van der Waals surface area contributed by atoms with Crippen molar-refractivity contribution in [2.75, 3.05) is 26.5 Å². The summed E-state index contributed by atoms with van der Waals surface area (Å²) in [6.07, 6.45) is 0.263. The quantitative estimate of drug-likeness (QED) is 0.256. The fraction of sp³-hybridized carbons (Fsp3) is 0.192. The second-order valence-electron chi connectivity index (χ2n) is 7.45. The number of thioether (sulfide) groups is 1. The van der Waals surface area contributed by atoms with Gasteiger partial charge < -0.3 is 19.8 Å². The predicted octanol–water partition coefficient (Wildman–Crippen LogP) is 5.44. The Bertz CT molecular complexity index is 1250. The molecule has 4 aromatic rings. The summed E-state index contributed by atoms with van der Waals surface area (Å²) >= 11 is 1.67. The van der Waals surface area contributed by atoms with E-state index in [0.717, 1.165) is 32.6 Å². The number of halogens is 1. The minimum absolute atomic E-state index is 0.0551. The minimum atomic E-state index is -0.263. The van der Waals surface area contributed by atoms with Crippen LogP contribution >= 0.6 is 11.8 Å². The zero-order chi connectivity index (χ0) is 23.2. The summed E-state index contributed by atoms with van der Waals surface area (Å²) in [5.74, 6) is 1.62. The molecule has 170 valence electrons. The monoisotopic (exact) mass is 464 g/mol. The normalized spacial score (nSPS) is 10.9. The average molecular weight is 465 g/mol. The third-order valence-corrected chi connectivity index (χ3v) is 6.40. The lowest BCUT2D eigenvalue weighted by molar-refractivity contribution is -0.120. The molecule has 0 saturated heterocycles. The largest absolute Gasteiger partial charge is 0.493 e. The molecule has 1 amide bonds. The van der Waals surface area contributed by atoms with Crippen molar-refractivity contribution in [3.63, 3.8) is 0 Å². The summed E-state index contributed by atoms with van der Waals surface area (Å²) < 4.78 is 23.9. The van der Waals surface area contributed by atoms with Crippen molar-refractivity contribution in [2.24, 2.45) is 0 Å². The fourth-order valence-corrected chi connectivity index (χ4v) is 4.72. The molecular formula is C26H25FN2O3S. The number of carbonyl (C=O) groups excluding carboxylic acids is 1. The molecule has 0 atom stereocenters. The van der Waals surface area contributed by atoms with Crippen LogP contribution in [0, 0.1) is 5.82 Å². The third kappa shape index (κ3) is 5.31. The molecule has 2 N–H and O–H groups in total. The number of methoxy groups -OCH3 is 2. The summed E-state index contributed by atoms with van der Waals surface area (Å²) in [6, 6.07) is 20.0. The Morgan fingerprint density at radius 2 is 1.76 bits per heavy atom. The molecule has 1 aromatic heterocycles. The van der Waals surface area contributed by atoms with Crippen LogP contribution in [0.2, 0.25) is 0 Å². The number of fused-ring (bicyclic) bond motifs is 1. The van der Waals surface area contributed by atoms with Crippen LogP contribution in [0.3, 0.4) is 0 Å². The Morgan fingerprint density at radius 3 is 2.52 bits per heavy atom. The number of carbonyl (C=O) groups is 1. The first kappa shape index (κ1) is 22.7. The SMILES string of the molecule is COc1ccc(CC(=O)NCCSc2c(-c3ccc(F)cc3)[nH]c3ccccc23)cc1OC. The second-order valence-corrected chi connectivity index (χ2v) is 8.55. The van der Waals surface area contributed by atoms with E-state index in [1.807, 2.05) is 30.3 Å². The number of nitrogens with one attached hydrogen (secondary N) is 2. The van der Waals surface area contributed by atoms with Gasteiger partial charge in [-0.05, 0) is 53.6 Å². The number of amides is 1. The number of H-pyrrole nitrogens is 1. The standard InChI is InChI=1S/C26H25FN2O3S/c1-31-22-12-7-17(15-23(22)32-2)16-24(30)28-13-14-33-26-20-5-3-4-6-21(20)29-25(26)18-8-10-19(27)11-9-18/h3-12,15,29H,13-14,16H2,1-2H3,(H,28,30). The van der Waals surface area contributed by atoms with Gasteiger partial charge in [-0.25, -0.2) is 4.39 Å². The van der Waals surface area contributed by atoms with Gasteiger partial charge in [0.05, 0.1) is 26.3 Å². The maximum absolute atomic E-state index is 13.4. The van der Waals surface area contributed by atoms with Gasteiger partial charge in [0, 0.05) is 28.1 Å². The van der Waals surface area contributed by atoms with Crippen LogP contribution in [0.4, 0.5) is 4.39 Å². The number of ether oxygens (including phenoxy) is 2. The van der Waals surface area contributed by atoms with Gasteiger partial charge in [-0.1, -0.05) is 24.3 Å². The maximum atomic E-state index is 13.4.